The highest BCUT2D eigenvalue weighted by Crippen LogP contribution is 2.28. The number of rotatable bonds is 12. The van der Waals surface area contributed by atoms with Crippen molar-refractivity contribution in [3.05, 3.63) is 131 Å². The van der Waals surface area contributed by atoms with E-state index in [4.69, 9.17) is 0 Å². The number of hydrogen-bond donors (Lipinski definition) is 1. The first-order valence-corrected chi connectivity index (χ1v) is 17.5. The number of halogens is 1. The molecule has 1 saturated carbocycles. The summed E-state index contributed by atoms with van der Waals surface area (Å²) >= 11 is 0. The Morgan fingerprint density at radius 2 is 1.45 bits per heavy atom. The molecule has 0 spiro atoms. The fourth-order valence-electron chi connectivity index (χ4n) is 6.19. The molecule has 7 nitrogen and oxygen atoms in total. The van der Waals surface area contributed by atoms with Gasteiger partial charge in [0.2, 0.25) is 11.8 Å². The Morgan fingerprint density at radius 3 is 2.09 bits per heavy atom. The van der Waals surface area contributed by atoms with Gasteiger partial charge in [-0.2, -0.15) is 0 Å². The van der Waals surface area contributed by atoms with E-state index >= 15 is 4.39 Å². The van der Waals surface area contributed by atoms with E-state index in [1.807, 2.05) is 57.2 Å². The molecule has 0 saturated heterocycles. The second kappa shape index (κ2) is 14.9. The molecule has 4 aromatic rings. The zero-order valence-electron chi connectivity index (χ0n) is 27.2. The Balaban J connectivity index is 1.59. The number of nitrogens with zero attached hydrogens (tertiary/aromatic N) is 2. The van der Waals surface area contributed by atoms with E-state index in [1.54, 1.807) is 42.5 Å². The van der Waals surface area contributed by atoms with Gasteiger partial charge in [0.15, 0.2) is 0 Å². The third-order valence-electron chi connectivity index (χ3n) is 8.65. The lowest BCUT2D eigenvalue weighted by Gasteiger charge is -2.34. The van der Waals surface area contributed by atoms with Gasteiger partial charge in [-0.25, -0.2) is 12.8 Å². The van der Waals surface area contributed by atoms with Crippen molar-refractivity contribution in [1.29, 1.82) is 0 Å². The first-order valence-electron chi connectivity index (χ1n) is 16.1. The summed E-state index contributed by atoms with van der Waals surface area (Å²) in [5, 5.41) is 3.14. The topological polar surface area (TPSA) is 86.8 Å². The molecule has 0 radical (unpaired) electrons. The predicted octanol–water partition coefficient (Wildman–Crippen LogP) is 6.65. The zero-order chi connectivity index (χ0) is 33.6. The molecule has 246 valence electrons. The lowest BCUT2D eigenvalue weighted by atomic mass is 10.0. The highest BCUT2D eigenvalue weighted by Gasteiger charge is 2.36. The molecule has 1 N–H and O–H groups in total. The summed E-state index contributed by atoms with van der Waals surface area (Å²) in [5.41, 5.74) is 3.94. The molecule has 0 heterocycles. The Kier molecular flexibility index (Phi) is 10.8. The summed E-state index contributed by atoms with van der Waals surface area (Å²) < 4.78 is 44.8. The smallest absolute Gasteiger partial charge is 0.264 e. The van der Waals surface area contributed by atoms with Gasteiger partial charge in [0.25, 0.3) is 10.0 Å². The maximum Gasteiger partial charge on any atom is 0.264 e. The molecule has 0 unspecified atom stereocenters. The second-order valence-electron chi connectivity index (χ2n) is 12.5. The van der Waals surface area contributed by atoms with Crippen LogP contribution in [-0.2, 0) is 32.6 Å². The summed E-state index contributed by atoms with van der Waals surface area (Å²) in [6, 6.07) is 26.3. The molecule has 1 aliphatic rings. The normalized spacial score (nSPS) is 14.0. The van der Waals surface area contributed by atoms with Crippen LogP contribution in [0, 0.1) is 26.6 Å². The summed E-state index contributed by atoms with van der Waals surface area (Å²) in [4.78, 5) is 30.1. The van der Waals surface area contributed by atoms with Crippen molar-refractivity contribution in [2.45, 2.75) is 76.4 Å². The van der Waals surface area contributed by atoms with Crippen LogP contribution in [-0.4, -0.2) is 43.8 Å². The monoisotopic (exact) mass is 655 g/mol. The Labute approximate surface area is 277 Å². The minimum Gasteiger partial charge on any atom is -0.352 e. The molecule has 0 aromatic heterocycles. The predicted molar refractivity (Wildman–Crippen MR) is 183 cm³/mol. The fourth-order valence-corrected chi connectivity index (χ4v) is 7.59. The van der Waals surface area contributed by atoms with E-state index in [-0.39, 0.29) is 35.4 Å². The van der Waals surface area contributed by atoms with Crippen molar-refractivity contribution in [2.75, 3.05) is 10.8 Å². The molecule has 1 fully saturated rings. The standard InChI is InChI=1S/C38H42FN3O4S/c1-27-17-19-34(20-18-27)47(45,46)42(33-22-28(2)21-29(3)23-33)26-37(43)41(25-31-13-7-10-16-35(31)39)36(24-30-11-5-4-6-12-30)38(44)40-32-14-8-9-15-32/h4-7,10-13,16-23,32,36H,8-9,14-15,24-26H2,1-3H3,(H,40,44)/t36-/m1/s1. The number of carbonyl (C=O) groups excluding carboxylic acids is 2. The van der Waals surface area contributed by atoms with Crippen molar-refractivity contribution in [2.24, 2.45) is 0 Å². The van der Waals surface area contributed by atoms with Crippen LogP contribution < -0.4 is 9.62 Å². The first kappa shape index (κ1) is 33.9. The SMILES string of the molecule is Cc1ccc(S(=O)(=O)N(CC(=O)N(Cc2ccccc2F)[C@H](Cc2ccccc2)C(=O)NC2CCCC2)c2cc(C)cc(C)c2)cc1. The van der Waals surface area contributed by atoms with E-state index < -0.39 is 34.3 Å². The van der Waals surface area contributed by atoms with Gasteiger partial charge in [-0.1, -0.05) is 85.1 Å². The first-order chi connectivity index (χ1) is 22.5. The third kappa shape index (κ3) is 8.46. The minimum atomic E-state index is -4.23. The molecule has 5 rings (SSSR count). The highest BCUT2D eigenvalue weighted by atomic mass is 32.2. The van der Waals surface area contributed by atoms with Crippen LogP contribution in [0.4, 0.5) is 10.1 Å². The number of carbonyl (C=O) groups is 2. The summed E-state index contributed by atoms with van der Waals surface area (Å²) in [6.45, 7) is 4.79. The number of nitrogens with one attached hydrogen (secondary N) is 1. The largest absolute Gasteiger partial charge is 0.352 e. The van der Waals surface area contributed by atoms with Gasteiger partial charge in [0, 0.05) is 24.6 Å². The number of anilines is 1. The molecule has 1 atom stereocenters. The average molecular weight is 656 g/mol. The van der Waals surface area contributed by atoms with Crippen molar-refractivity contribution in [1.82, 2.24) is 10.2 Å². The quantitative estimate of drug-likeness (QED) is 0.185. The number of benzene rings is 4. The molecule has 1 aliphatic carbocycles. The average Bonchev–Trinajstić information content (AvgIpc) is 3.55. The molecule has 0 bridgehead atoms. The van der Waals surface area contributed by atoms with Crippen molar-refractivity contribution in [3.63, 3.8) is 0 Å². The van der Waals surface area contributed by atoms with E-state index in [9.17, 15) is 18.0 Å². The van der Waals surface area contributed by atoms with Gasteiger partial charge < -0.3 is 10.2 Å². The van der Waals surface area contributed by atoms with Gasteiger partial charge in [0.1, 0.15) is 18.4 Å². The van der Waals surface area contributed by atoms with Crippen LogP contribution in [0.3, 0.4) is 0 Å². The third-order valence-corrected chi connectivity index (χ3v) is 10.4. The van der Waals surface area contributed by atoms with Gasteiger partial charge in [0.05, 0.1) is 10.6 Å². The van der Waals surface area contributed by atoms with Crippen LogP contribution >= 0.6 is 0 Å². The summed E-state index contributed by atoms with van der Waals surface area (Å²) in [7, 11) is -4.23. The van der Waals surface area contributed by atoms with E-state index in [2.05, 4.69) is 5.32 Å². The maximum absolute atomic E-state index is 15.1. The summed E-state index contributed by atoms with van der Waals surface area (Å²) in [6.07, 6.45) is 3.89. The van der Waals surface area contributed by atoms with Crippen LogP contribution in [0.2, 0.25) is 0 Å². The highest BCUT2D eigenvalue weighted by molar-refractivity contribution is 7.92. The van der Waals surface area contributed by atoms with Crippen LogP contribution in [0.25, 0.3) is 0 Å². The molecule has 2 amide bonds. The second-order valence-corrected chi connectivity index (χ2v) is 14.3. The van der Waals surface area contributed by atoms with Gasteiger partial charge in [-0.05, 0) is 80.6 Å². The van der Waals surface area contributed by atoms with Crippen LogP contribution in [0.1, 0.15) is 53.5 Å². The fraction of sp³-hybridized carbons (Fsp3) is 0.316. The molecule has 0 aliphatic heterocycles. The lowest BCUT2D eigenvalue weighted by molar-refractivity contribution is -0.140. The van der Waals surface area contributed by atoms with Gasteiger partial charge in [-0.3, -0.25) is 13.9 Å². The number of hydrogen-bond acceptors (Lipinski definition) is 4. The van der Waals surface area contributed by atoms with Crippen molar-refractivity contribution >= 4 is 27.5 Å². The van der Waals surface area contributed by atoms with Crippen LogP contribution in [0.5, 0.6) is 0 Å². The molecule has 9 heteroatoms. The Morgan fingerprint density at radius 1 is 0.830 bits per heavy atom. The Hall–Kier alpha value is -4.50. The van der Waals surface area contributed by atoms with E-state index in [0.29, 0.717) is 5.69 Å². The van der Waals surface area contributed by atoms with Crippen molar-refractivity contribution < 1.29 is 22.4 Å². The number of aryl methyl sites for hydroxylation is 3. The molecular weight excluding hydrogens is 614 g/mol. The van der Waals surface area contributed by atoms with Crippen molar-refractivity contribution in [3.8, 4) is 0 Å². The lowest BCUT2D eigenvalue weighted by Crippen LogP contribution is -2.54. The molecule has 47 heavy (non-hydrogen) atoms. The minimum absolute atomic E-state index is 0.0140. The zero-order valence-corrected chi connectivity index (χ0v) is 28.0. The van der Waals surface area contributed by atoms with Gasteiger partial charge in [-0.15, -0.1) is 0 Å². The van der Waals surface area contributed by atoms with E-state index in [1.165, 1.54) is 23.1 Å². The molecular formula is C38H42FN3O4S. The van der Waals surface area contributed by atoms with Crippen LogP contribution in [0.15, 0.2) is 102 Å². The maximum atomic E-state index is 15.1. The number of amides is 2. The van der Waals surface area contributed by atoms with Gasteiger partial charge >= 0.3 is 0 Å². The van der Waals surface area contributed by atoms with E-state index in [0.717, 1.165) is 52.2 Å². The Bertz CT molecular complexity index is 1790. The molecule has 4 aromatic carbocycles. The number of sulfonamides is 1. The summed E-state index contributed by atoms with van der Waals surface area (Å²) in [5.74, 6) is -1.48.